The number of ether oxygens (including phenoxy) is 1. The van der Waals surface area contributed by atoms with Crippen molar-refractivity contribution in [3.63, 3.8) is 0 Å². The van der Waals surface area contributed by atoms with E-state index in [0.29, 0.717) is 18.6 Å². The van der Waals surface area contributed by atoms with Crippen LogP contribution in [0.4, 0.5) is 5.69 Å². The number of para-hydroxylation sites is 2. The summed E-state index contributed by atoms with van der Waals surface area (Å²) in [4.78, 5) is 10.8. The minimum Gasteiger partial charge on any atom is -0.491 e. The smallest absolute Gasteiger partial charge is 0.220 e. The average molecular weight is 310 g/mol. The van der Waals surface area contributed by atoms with Crippen molar-refractivity contribution in [2.24, 2.45) is 5.73 Å². The summed E-state index contributed by atoms with van der Waals surface area (Å²) in [5, 5.41) is 3.54. The summed E-state index contributed by atoms with van der Waals surface area (Å²) >= 11 is 0. The molecule has 1 amide bonds. The van der Waals surface area contributed by atoms with E-state index in [2.05, 4.69) is 35.6 Å². The fraction of sp³-hybridized carbons (Fsp3) is 0.316. The van der Waals surface area contributed by atoms with E-state index in [1.165, 1.54) is 5.56 Å². The maximum atomic E-state index is 10.8. The highest BCUT2D eigenvalue weighted by Gasteiger charge is 2.30. The molecule has 23 heavy (non-hydrogen) atoms. The first-order valence-corrected chi connectivity index (χ1v) is 8.04. The van der Waals surface area contributed by atoms with E-state index in [4.69, 9.17) is 10.5 Å². The van der Waals surface area contributed by atoms with Gasteiger partial charge in [-0.05, 0) is 36.5 Å². The van der Waals surface area contributed by atoms with Crippen molar-refractivity contribution < 1.29 is 9.53 Å². The summed E-state index contributed by atoms with van der Waals surface area (Å²) in [6, 6.07) is 18.9. The zero-order valence-electron chi connectivity index (χ0n) is 13.1. The van der Waals surface area contributed by atoms with E-state index in [9.17, 15) is 4.79 Å². The number of primary amides is 1. The summed E-state index contributed by atoms with van der Waals surface area (Å²) in [6.07, 6.45) is 2.48. The van der Waals surface area contributed by atoms with Gasteiger partial charge < -0.3 is 15.8 Å². The second kappa shape index (κ2) is 7.18. The Morgan fingerprint density at radius 1 is 1.09 bits per heavy atom. The lowest BCUT2D eigenvalue weighted by molar-refractivity contribution is -0.118. The molecule has 3 N–H and O–H groups in total. The zero-order chi connectivity index (χ0) is 16.1. The minimum atomic E-state index is -0.347. The van der Waals surface area contributed by atoms with Crippen LogP contribution in [0.5, 0.6) is 5.75 Å². The van der Waals surface area contributed by atoms with E-state index < -0.39 is 0 Å². The van der Waals surface area contributed by atoms with Gasteiger partial charge in [0.1, 0.15) is 5.75 Å². The molecule has 0 radical (unpaired) electrons. The highest BCUT2D eigenvalue weighted by Crippen LogP contribution is 2.39. The van der Waals surface area contributed by atoms with Crippen LogP contribution in [0.3, 0.4) is 0 Å². The highest BCUT2D eigenvalue weighted by molar-refractivity contribution is 5.73. The molecule has 120 valence electrons. The Bertz CT molecular complexity index is 651. The largest absolute Gasteiger partial charge is 0.491 e. The van der Waals surface area contributed by atoms with E-state index in [1.54, 1.807) is 0 Å². The molecule has 0 saturated heterocycles. The van der Waals surface area contributed by atoms with Gasteiger partial charge in [0.25, 0.3) is 0 Å². The number of nitrogens with one attached hydrogen (secondary N) is 1. The van der Waals surface area contributed by atoms with Crippen LogP contribution in [0, 0.1) is 0 Å². The van der Waals surface area contributed by atoms with Crippen LogP contribution in [-0.2, 0) is 4.79 Å². The maximum Gasteiger partial charge on any atom is 0.220 e. The summed E-state index contributed by atoms with van der Waals surface area (Å²) in [6.45, 7) is 0.311. The van der Waals surface area contributed by atoms with Crippen molar-refractivity contribution in [2.45, 2.75) is 31.2 Å². The van der Waals surface area contributed by atoms with Crippen LogP contribution < -0.4 is 15.8 Å². The zero-order valence-corrected chi connectivity index (χ0v) is 13.1. The molecule has 2 aromatic rings. The third-order valence-electron chi connectivity index (χ3n) is 4.26. The molecular weight excluding hydrogens is 288 g/mol. The van der Waals surface area contributed by atoms with E-state index >= 15 is 0 Å². The molecular formula is C19H22N2O2. The van der Waals surface area contributed by atoms with Crippen molar-refractivity contribution in [2.75, 3.05) is 11.9 Å². The predicted octanol–water partition coefficient (Wildman–Crippen LogP) is 3.30. The molecule has 1 saturated carbocycles. The molecule has 0 aliphatic heterocycles. The van der Waals surface area contributed by atoms with Crippen LogP contribution >= 0.6 is 0 Å². The van der Waals surface area contributed by atoms with Crippen molar-refractivity contribution in [3.05, 3.63) is 60.2 Å². The number of benzene rings is 2. The number of carbonyl (C=O) groups excluding carboxylic acids is 1. The van der Waals surface area contributed by atoms with Crippen LogP contribution in [0.25, 0.3) is 0 Å². The topological polar surface area (TPSA) is 64.4 Å². The molecule has 0 bridgehead atoms. The lowest BCUT2D eigenvalue weighted by Crippen LogP contribution is -2.34. The third-order valence-corrected chi connectivity index (χ3v) is 4.26. The van der Waals surface area contributed by atoms with E-state index in [0.717, 1.165) is 24.3 Å². The Kier molecular flexibility index (Phi) is 4.81. The minimum absolute atomic E-state index is 0.230. The molecule has 1 aliphatic carbocycles. The van der Waals surface area contributed by atoms with Crippen LogP contribution in [0.15, 0.2) is 54.6 Å². The molecule has 1 fully saturated rings. The lowest BCUT2D eigenvalue weighted by Gasteiger charge is -2.37. The Hall–Kier alpha value is -2.49. The number of hydrogen-bond donors (Lipinski definition) is 2. The van der Waals surface area contributed by atoms with Gasteiger partial charge in [-0.25, -0.2) is 0 Å². The fourth-order valence-corrected chi connectivity index (χ4v) is 2.93. The molecule has 0 heterocycles. The molecule has 0 unspecified atom stereocenters. The Balaban J connectivity index is 1.54. The molecule has 3 rings (SSSR count). The second-order valence-electron chi connectivity index (χ2n) is 5.98. The Morgan fingerprint density at radius 2 is 1.78 bits per heavy atom. The number of hydrogen-bond acceptors (Lipinski definition) is 3. The van der Waals surface area contributed by atoms with Crippen molar-refractivity contribution in [1.82, 2.24) is 0 Å². The summed E-state index contributed by atoms with van der Waals surface area (Å²) in [7, 11) is 0. The molecule has 0 spiro atoms. The second-order valence-corrected chi connectivity index (χ2v) is 5.98. The molecule has 4 heteroatoms. The number of anilines is 1. The summed E-state index contributed by atoms with van der Waals surface area (Å²) < 4.78 is 5.67. The van der Waals surface area contributed by atoms with E-state index in [-0.39, 0.29) is 12.3 Å². The van der Waals surface area contributed by atoms with Crippen LogP contribution in [-0.4, -0.2) is 18.6 Å². The van der Waals surface area contributed by atoms with Gasteiger partial charge in [0.05, 0.1) is 18.7 Å². The molecule has 4 nitrogen and oxygen atoms in total. The number of nitrogens with two attached hydrogens (primary N) is 1. The predicted molar refractivity (Wildman–Crippen MR) is 91.6 cm³/mol. The molecule has 0 atom stereocenters. The van der Waals surface area contributed by atoms with Gasteiger partial charge in [0, 0.05) is 6.04 Å². The normalized spacial score (nSPS) is 19.7. The monoisotopic (exact) mass is 310 g/mol. The van der Waals surface area contributed by atoms with Crippen molar-refractivity contribution in [1.29, 1.82) is 0 Å². The Labute approximate surface area is 136 Å². The van der Waals surface area contributed by atoms with Gasteiger partial charge in [-0.15, -0.1) is 0 Å². The standard InChI is InChI=1S/C19H22N2O2/c20-19(22)10-11-23-18-9-5-4-8-17(18)21-16-12-15(13-16)14-6-2-1-3-7-14/h1-9,15-16,21H,10-13H2,(H2,20,22). The highest BCUT2D eigenvalue weighted by atomic mass is 16.5. The summed E-state index contributed by atoms with van der Waals surface area (Å²) in [5.74, 6) is 1.06. The lowest BCUT2D eigenvalue weighted by atomic mass is 9.76. The van der Waals surface area contributed by atoms with Crippen LogP contribution in [0.1, 0.15) is 30.7 Å². The first kappa shape index (κ1) is 15.4. The fourth-order valence-electron chi connectivity index (χ4n) is 2.93. The third kappa shape index (κ3) is 4.03. The van der Waals surface area contributed by atoms with E-state index in [1.807, 2.05) is 24.3 Å². The van der Waals surface area contributed by atoms with Crippen LogP contribution in [0.2, 0.25) is 0 Å². The number of amides is 1. The van der Waals surface area contributed by atoms with Gasteiger partial charge in [-0.1, -0.05) is 42.5 Å². The van der Waals surface area contributed by atoms with Crippen molar-refractivity contribution in [3.8, 4) is 5.75 Å². The van der Waals surface area contributed by atoms with Gasteiger partial charge >= 0.3 is 0 Å². The quantitative estimate of drug-likeness (QED) is 0.824. The summed E-state index contributed by atoms with van der Waals surface area (Å²) in [5.41, 5.74) is 7.54. The number of rotatable bonds is 7. The first-order valence-electron chi connectivity index (χ1n) is 8.04. The molecule has 1 aliphatic rings. The maximum absolute atomic E-state index is 10.8. The SMILES string of the molecule is NC(=O)CCOc1ccccc1NC1CC(c2ccccc2)C1. The van der Waals surface area contributed by atoms with Crippen molar-refractivity contribution >= 4 is 11.6 Å². The first-order chi connectivity index (χ1) is 11.2. The number of carbonyl (C=O) groups is 1. The van der Waals surface area contributed by atoms with Gasteiger partial charge in [0.15, 0.2) is 0 Å². The van der Waals surface area contributed by atoms with Gasteiger partial charge in [-0.3, -0.25) is 4.79 Å². The average Bonchev–Trinajstić information content (AvgIpc) is 2.52. The van der Waals surface area contributed by atoms with Gasteiger partial charge in [-0.2, -0.15) is 0 Å². The molecule has 2 aromatic carbocycles. The van der Waals surface area contributed by atoms with Gasteiger partial charge in [0.2, 0.25) is 5.91 Å². The Morgan fingerprint density at radius 3 is 2.52 bits per heavy atom. The molecule has 0 aromatic heterocycles.